The second-order valence-corrected chi connectivity index (χ2v) is 4.69. The van der Waals surface area contributed by atoms with Crippen molar-refractivity contribution in [1.29, 1.82) is 0 Å². The molecule has 0 aromatic heterocycles. The lowest BCUT2D eigenvalue weighted by Crippen LogP contribution is -2.55. The molecular weight excluding hydrogens is 236 g/mol. The number of esters is 1. The first-order chi connectivity index (χ1) is 8.47. The van der Waals surface area contributed by atoms with Crippen LogP contribution in [-0.4, -0.2) is 30.4 Å². The Hall–Kier alpha value is -0.910. The SMILES string of the molecule is CCCOC(=O)/C(C)=C/C12OC(CC)(OC1C)O2. The Labute approximate surface area is 107 Å². The van der Waals surface area contributed by atoms with Crippen molar-refractivity contribution in [2.75, 3.05) is 6.61 Å². The molecule has 3 aliphatic rings. The number of hydrogen-bond donors (Lipinski definition) is 0. The topological polar surface area (TPSA) is 54.0 Å². The van der Waals surface area contributed by atoms with Crippen LogP contribution in [0.2, 0.25) is 0 Å². The van der Waals surface area contributed by atoms with E-state index in [9.17, 15) is 4.79 Å². The van der Waals surface area contributed by atoms with Gasteiger partial charge >= 0.3 is 5.97 Å². The van der Waals surface area contributed by atoms with Crippen LogP contribution in [0.3, 0.4) is 0 Å². The maximum absolute atomic E-state index is 11.7. The van der Waals surface area contributed by atoms with Crippen molar-refractivity contribution in [3.63, 3.8) is 0 Å². The molecule has 0 spiro atoms. The Balaban J connectivity index is 2.03. The Morgan fingerprint density at radius 1 is 1.39 bits per heavy atom. The highest BCUT2D eigenvalue weighted by Crippen LogP contribution is 2.53. The van der Waals surface area contributed by atoms with Crippen LogP contribution >= 0.6 is 0 Å². The molecule has 1 atom stereocenters. The standard InChI is InChI=1S/C13H20O5/c1-5-7-15-11(14)9(3)8-12-10(4)16-13(6-2,17-12)18-12/h8,10H,5-7H2,1-4H3/b9-8+. The summed E-state index contributed by atoms with van der Waals surface area (Å²) in [7, 11) is 0. The fraction of sp³-hybridized carbons (Fsp3) is 0.769. The molecular formula is C13H20O5. The summed E-state index contributed by atoms with van der Waals surface area (Å²) in [6.07, 6.45) is 2.84. The van der Waals surface area contributed by atoms with Gasteiger partial charge in [-0.2, -0.15) is 0 Å². The molecule has 0 aliphatic carbocycles. The second kappa shape index (κ2) is 4.64. The zero-order valence-electron chi connectivity index (χ0n) is 11.3. The van der Waals surface area contributed by atoms with Crippen molar-refractivity contribution in [1.82, 2.24) is 0 Å². The highest BCUT2D eigenvalue weighted by atomic mass is 17.1. The van der Waals surface area contributed by atoms with Crippen LogP contribution in [0.25, 0.3) is 0 Å². The predicted molar refractivity (Wildman–Crippen MR) is 63.5 cm³/mol. The lowest BCUT2D eigenvalue weighted by molar-refractivity contribution is -0.493. The maximum Gasteiger partial charge on any atom is 0.333 e. The smallest absolute Gasteiger partial charge is 0.333 e. The molecule has 1 unspecified atom stereocenters. The third-order valence-electron chi connectivity index (χ3n) is 3.16. The number of fused-ring (bicyclic) bond motifs is 1. The Morgan fingerprint density at radius 3 is 2.56 bits per heavy atom. The van der Waals surface area contributed by atoms with E-state index in [0.717, 1.165) is 6.42 Å². The van der Waals surface area contributed by atoms with Crippen LogP contribution in [0.15, 0.2) is 11.6 Å². The third-order valence-corrected chi connectivity index (χ3v) is 3.16. The van der Waals surface area contributed by atoms with Gasteiger partial charge in [-0.25, -0.2) is 4.79 Å². The fourth-order valence-electron chi connectivity index (χ4n) is 2.13. The monoisotopic (exact) mass is 256 g/mol. The highest BCUT2D eigenvalue weighted by Gasteiger charge is 2.68. The summed E-state index contributed by atoms with van der Waals surface area (Å²) in [5.74, 6) is -2.18. The van der Waals surface area contributed by atoms with E-state index in [2.05, 4.69) is 0 Å². The zero-order chi connectivity index (χ0) is 13.4. The molecule has 0 N–H and O–H groups in total. The molecule has 0 amide bonds. The lowest BCUT2D eigenvalue weighted by Gasteiger charge is -2.42. The van der Waals surface area contributed by atoms with E-state index in [0.29, 0.717) is 18.6 Å². The van der Waals surface area contributed by atoms with E-state index in [4.69, 9.17) is 18.9 Å². The van der Waals surface area contributed by atoms with Crippen LogP contribution in [0.1, 0.15) is 40.5 Å². The molecule has 3 rings (SSSR count). The molecule has 102 valence electrons. The summed E-state index contributed by atoms with van der Waals surface area (Å²) in [6, 6.07) is 0. The van der Waals surface area contributed by atoms with Crippen molar-refractivity contribution < 1.29 is 23.7 Å². The van der Waals surface area contributed by atoms with Gasteiger partial charge in [0.1, 0.15) is 6.10 Å². The summed E-state index contributed by atoms with van der Waals surface area (Å²) in [5, 5.41) is 0. The quantitative estimate of drug-likeness (QED) is 0.557. The molecule has 0 aromatic rings. The second-order valence-electron chi connectivity index (χ2n) is 4.69. The largest absolute Gasteiger partial charge is 0.462 e. The lowest BCUT2D eigenvalue weighted by atomic mass is 10.1. The van der Waals surface area contributed by atoms with E-state index < -0.39 is 11.8 Å². The van der Waals surface area contributed by atoms with Gasteiger partial charge in [0.15, 0.2) is 0 Å². The zero-order valence-corrected chi connectivity index (χ0v) is 11.3. The van der Waals surface area contributed by atoms with Gasteiger partial charge < -0.3 is 9.47 Å². The van der Waals surface area contributed by atoms with Crippen LogP contribution in [0.5, 0.6) is 0 Å². The minimum Gasteiger partial charge on any atom is -0.462 e. The molecule has 3 heterocycles. The van der Waals surface area contributed by atoms with Gasteiger partial charge in [-0.3, -0.25) is 9.47 Å². The van der Waals surface area contributed by atoms with E-state index in [1.807, 2.05) is 20.8 Å². The Kier molecular flexibility index (Phi) is 3.49. The summed E-state index contributed by atoms with van der Waals surface area (Å²) in [5.41, 5.74) is 0.477. The first-order valence-electron chi connectivity index (χ1n) is 6.41. The van der Waals surface area contributed by atoms with E-state index in [1.54, 1.807) is 13.0 Å². The minimum absolute atomic E-state index is 0.230. The van der Waals surface area contributed by atoms with Gasteiger partial charge in [0.2, 0.25) is 5.79 Å². The first-order valence-corrected chi connectivity index (χ1v) is 6.41. The average Bonchev–Trinajstić information content (AvgIpc) is 2.73. The van der Waals surface area contributed by atoms with Crippen molar-refractivity contribution in [2.45, 2.75) is 58.4 Å². The predicted octanol–water partition coefficient (Wildman–Crippen LogP) is 2.11. The highest BCUT2D eigenvalue weighted by molar-refractivity contribution is 5.88. The van der Waals surface area contributed by atoms with Crippen molar-refractivity contribution in [3.8, 4) is 0 Å². The Bertz CT molecular complexity index is 368. The Morgan fingerprint density at radius 2 is 2.06 bits per heavy atom. The van der Waals surface area contributed by atoms with Crippen LogP contribution < -0.4 is 0 Å². The molecule has 3 fully saturated rings. The van der Waals surface area contributed by atoms with Gasteiger partial charge in [0, 0.05) is 12.0 Å². The van der Waals surface area contributed by atoms with Crippen molar-refractivity contribution >= 4 is 5.97 Å². The minimum atomic E-state index is -0.925. The number of carbonyl (C=O) groups is 1. The fourth-order valence-corrected chi connectivity index (χ4v) is 2.13. The van der Waals surface area contributed by atoms with Gasteiger partial charge in [-0.1, -0.05) is 13.8 Å². The molecule has 0 saturated carbocycles. The normalized spacial score (nSPS) is 38.4. The molecule has 5 nitrogen and oxygen atoms in total. The van der Waals surface area contributed by atoms with Crippen LogP contribution in [-0.2, 0) is 23.7 Å². The van der Waals surface area contributed by atoms with Crippen LogP contribution in [0.4, 0.5) is 0 Å². The van der Waals surface area contributed by atoms with Crippen molar-refractivity contribution in [2.24, 2.45) is 0 Å². The number of carbonyl (C=O) groups excluding carboxylic acids is 1. The van der Waals surface area contributed by atoms with Crippen molar-refractivity contribution in [3.05, 3.63) is 11.6 Å². The molecule has 2 bridgehead atoms. The number of ether oxygens (including phenoxy) is 4. The summed E-state index contributed by atoms with van der Waals surface area (Å²) in [4.78, 5) is 11.7. The first kappa shape index (κ1) is 13.5. The molecule has 3 saturated heterocycles. The number of hydrogen-bond acceptors (Lipinski definition) is 5. The van der Waals surface area contributed by atoms with Crippen LogP contribution in [0, 0.1) is 0 Å². The third kappa shape index (κ3) is 2.06. The maximum atomic E-state index is 11.7. The van der Waals surface area contributed by atoms with E-state index >= 15 is 0 Å². The average molecular weight is 256 g/mol. The summed E-state index contributed by atoms with van der Waals surface area (Å²) < 4.78 is 22.0. The molecule has 0 aromatic carbocycles. The molecule has 5 heteroatoms. The number of rotatable bonds is 5. The molecule has 18 heavy (non-hydrogen) atoms. The molecule has 3 aliphatic heterocycles. The van der Waals surface area contributed by atoms with Gasteiger partial charge in [-0.15, -0.1) is 0 Å². The molecule has 0 radical (unpaired) electrons. The summed E-state index contributed by atoms with van der Waals surface area (Å²) in [6.45, 7) is 7.85. The van der Waals surface area contributed by atoms with Gasteiger partial charge in [0.25, 0.3) is 5.97 Å². The summed E-state index contributed by atoms with van der Waals surface area (Å²) >= 11 is 0. The van der Waals surface area contributed by atoms with Gasteiger partial charge in [0.05, 0.1) is 6.61 Å². The van der Waals surface area contributed by atoms with Gasteiger partial charge in [-0.05, 0) is 26.3 Å². The van der Waals surface area contributed by atoms with E-state index in [-0.39, 0.29) is 12.1 Å². The van der Waals surface area contributed by atoms with E-state index in [1.165, 1.54) is 0 Å².